The molecule has 5 heteroatoms. The number of para-hydroxylation sites is 1. The molecule has 1 aliphatic heterocycles. The van der Waals surface area contributed by atoms with Crippen molar-refractivity contribution in [2.45, 2.75) is 26.2 Å². The third kappa shape index (κ3) is 3.39. The molecule has 0 radical (unpaired) electrons. The second-order valence-corrected chi connectivity index (χ2v) is 5.65. The summed E-state index contributed by atoms with van der Waals surface area (Å²) in [6.07, 6.45) is 5.43. The average Bonchev–Trinajstić information content (AvgIpc) is 2.98. The molecule has 1 aromatic heterocycles. The van der Waals surface area contributed by atoms with Gasteiger partial charge in [0.25, 0.3) is 0 Å². The first kappa shape index (κ1) is 15.2. The number of pyridine rings is 1. The van der Waals surface area contributed by atoms with Crippen LogP contribution in [0.4, 0.5) is 11.4 Å². The van der Waals surface area contributed by atoms with Crippen LogP contribution in [-0.2, 0) is 22.4 Å². The second-order valence-electron chi connectivity index (χ2n) is 5.65. The summed E-state index contributed by atoms with van der Waals surface area (Å²) in [6.45, 7) is 2.14. The van der Waals surface area contributed by atoms with Gasteiger partial charge in [0.05, 0.1) is 11.4 Å². The van der Waals surface area contributed by atoms with Crippen molar-refractivity contribution >= 4 is 23.2 Å². The van der Waals surface area contributed by atoms with Gasteiger partial charge in [-0.05, 0) is 42.2 Å². The van der Waals surface area contributed by atoms with Gasteiger partial charge in [0.1, 0.15) is 0 Å². The molecule has 0 saturated carbocycles. The number of rotatable bonds is 4. The Balaban J connectivity index is 1.76. The summed E-state index contributed by atoms with van der Waals surface area (Å²) in [5, 5.41) is 2.82. The smallest absolute Gasteiger partial charge is 0.227 e. The van der Waals surface area contributed by atoms with Crippen LogP contribution in [-0.4, -0.2) is 23.3 Å². The van der Waals surface area contributed by atoms with Crippen molar-refractivity contribution in [2.75, 3.05) is 16.8 Å². The molecular weight excluding hydrogens is 290 g/mol. The Morgan fingerprint density at radius 1 is 1.22 bits per heavy atom. The van der Waals surface area contributed by atoms with Gasteiger partial charge in [0.2, 0.25) is 11.8 Å². The zero-order valence-electron chi connectivity index (χ0n) is 13.1. The lowest BCUT2D eigenvalue weighted by atomic mass is 10.1. The Labute approximate surface area is 135 Å². The highest BCUT2D eigenvalue weighted by Crippen LogP contribution is 2.36. The molecule has 0 unspecified atom stereocenters. The molecule has 2 aromatic rings. The van der Waals surface area contributed by atoms with Crippen LogP contribution in [0.25, 0.3) is 0 Å². The fourth-order valence-corrected chi connectivity index (χ4v) is 2.93. The number of carbonyl (C=O) groups excluding carboxylic acids is 2. The highest BCUT2D eigenvalue weighted by atomic mass is 16.2. The van der Waals surface area contributed by atoms with E-state index in [4.69, 9.17) is 0 Å². The van der Waals surface area contributed by atoms with Crippen molar-refractivity contribution in [2.24, 2.45) is 0 Å². The monoisotopic (exact) mass is 309 g/mol. The highest BCUT2D eigenvalue weighted by molar-refractivity contribution is 6.02. The maximum Gasteiger partial charge on any atom is 0.227 e. The molecule has 5 nitrogen and oxygen atoms in total. The van der Waals surface area contributed by atoms with Crippen LogP contribution in [0.15, 0.2) is 42.7 Å². The summed E-state index contributed by atoms with van der Waals surface area (Å²) >= 11 is 0. The summed E-state index contributed by atoms with van der Waals surface area (Å²) in [4.78, 5) is 29.8. The quantitative estimate of drug-likeness (QED) is 0.944. The van der Waals surface area contributed by atoms with Crippen molar-refractivity contribution in [3.8, 4) is 0 Å². The lowest BCUT2D eigenvalue weighted by Gasteiger charge is -2.20. The fourth-order valence-electron chi connectivity index (χ4n) is 2.93. The number of hydrogen-bond acceptors (Lipinski definition) is 3. The molecule has 0 saturated heterocycles. The molecule has 0 atom stereocenters. The van der Waals surface area contributed by atoms with Crippen LogP contribution in [0.3, 0.4) is 0 Å². The maximum absolute atomic E-state index is 12.6. The molecule has 118 valence electrons. The van der Waals surface area contributed by atoms with Gasteiger partial charge in [-0.3, -0.25) is 14.6 Å². The molecule has 1 aromatic carbocycles. The lowest BCUT2D eigenvalue weighted by molar-refractivity contribution is -0.118. The standard InChI is InChI=1S/C18H19N3O2/c1-13(22)20-16-4-2-3-15-9-12-21(18(15)16)17(23)6-5-14-7-10-19-11-8-14/h2-4,7-8,10-11H,5-6,9,12H2,1H3,(H,20,22). The van der Waals surface area contributed by atoms with Crippen LogP contribution in [0.1, 0.15) is 24.5 Å². The van der Waals surface area contributed by atoms with Crippen LogP contribution >= 0.6 is 0 Å². The molecule has 0 aliphatic carbocycles. The number of fused-ring (bicyclic) bond motifs is 1. The molecule has 1 aliphatic rings. The number of hydrogen-bond donors (Lipinski definition) is 1. The molecule has 2 heterocycles. The Hall–Kier alpha value is -2.69. The topological polar surface area (TPSA) is 62.3 Å². The molecular formula is C18H19N3O2. The van der Waals surface area contributed by atoms with Gasteiger partial charge in [0, 0.05) is 32.3 Å². The van der Waals surface area contributed by atoms with Crippen LogP contribution in [0.2, 0.25) is 0 Å². The summed E-state index contributed by atoms with van der Waals surface area (Å²) in [6, 6.07) is 9.61. The summed E-state index contributed by atoms with van der Waals surface area (Å²) in [5.74, 6) is -0.0483. The maximum atomic E-state index is 12.6. The molecule has 2 amide bonds. The number of anilines is 2. The van der Waals surface area contributed by atoms with Crippen LogP contribution in [0.5, 0.6) is 0 Å². The van der Waals surface area contributed by atoms with Crippen molar-refractivity contribution < 1.29 is 9.59 Å². The van der Waals surface area contributed by atoms with Gasteiger partial charge in [0.15, 0.2) is 0 Å². The van der Waals surface area contributed by atoms with Gasteiger partial charge in [-0.1, -0.05) is 12.1 Å². The zero-order valence-corrected chi connectivity index (χ0v) is 13.1. The Morgan fingerprint density at radius 3 is 2.74 bits per heavy atom. The number of benzene rings is 1. The van der Waals surface area contributed by atoms with Crippen molar-refractivity contribution in [3.05, 3.63) is 53.9 Å². The Morgan fingerprint density at radius 2 is 2.00 bits per heavy atom. The number of aromatic nitrogens is 1. The number of aryl methyl sites for hydroxylation is 1. The first-order valence-electron chi connectivity index (χ1n) is 7.74. The molecule has 1 N–H and O–H groups in total. The van der Waals surface area contributed by atoms with Gasteiger partial charge >= 0.3 is 0 Å². The largest absolute Gasteiger partial charge is 0.325 e. The normalized spacial score (nSPS) is 12.8. The highest BCUT2D eigenvalue weighted by Gasteiger charge is 2.27. The number of amides is 2. The van der Waals surface area contributed by atoms with Gasteiger partial charge in [-0.25, -0.2) is 0 Å². The minimum atomic E-state index is -0.130. The first-order chi connectivity index (χ1) is 11.1. The lowest BCUT2D eigenvalue weighted by Crippen LogP contribution is -2.30. The number of nitrogens with zero attached hydrogens (tertiary/aromatic N) is 2. The third-order valence-corrected chi connectivity index (χ3v) is 3.98. The van der Waals surface area contributed by atoms with E-state index in [9.17, 15) is 9.59 Å². The SMILES string of the molecule is CC(=O)Nc1cccc2c1N(C(=O)CCc1ccncc1)CC2. The van der Waals surface area contributed by atoms with Crippen molar-refractivity contribution in [3.63, 3.8) is 0 Å². The van der Waals surface area contributed by atoms with E-state index in [0.29, 0.717) is 25.1 Å². The van der Waals surface area contributed by atoms with Gasteiger partial charge in [-0.15, -0.1) is 0 Å². The van der Waals surface area contributed by atoms with E-state index >= 15 is 0 Å². The van der Waals surface area contributed by atoms with E-state index in [2.05, 4.69) is 10.3 Å². The number of carbonyl (C=O) groups is 2. The fraction of sp³-hybridized carbons (Fsp3) is 0.278. The molecule has 0 bridgehead atoms. The van der Waals surface area contributed by atoms with Gasteiger partial charge in [-0.2, -0.15) is 0 Å². The molecule has 3 rings (SSSR count). The van der Waals surface area contributed by atoms with E-state index in [1.54, 1.807) is 17.3 Å². The van der Waals surface area contributed by atoms with E-state index in [1.165, 1.54) is 6.92 Å². The Bertz CT molecular complexity index is 728. The number of nitrogens with one attached hydrogen (secondary N) is 1. The summed E-state index contributed by atoms with van der Waals surface area (Å²) in [5.41, 5.74) is 3.77. The van der Waals surface area contributed by atoms with Crippen LogP contribution < -0.4 is 10.2 Å². The van der Waals surface area contributed by atoms with Crippen molar-refractivity contribution in [1.29, 1.82) is 0 Å². The van der Waals surface area contributed by atoms with E-state index < -0.39 is 0 Å². The van der Waals surface area contributed by atoms with E-state index in [0.717, 1.165) is 23.2 Å². The second kappa shape index (κ2) is 6.60. The predicted molar refractivity (Wildman–Crippen MR) is 89.4 cm³/mol. The van der Waals surface area contributed by atoms with Crippen LogP contribution in [0, 0.1) is 0 Å². The zero-order chi connectivity index (χ0) is 16.2. The molecule has 0 fully saturated rings. The minimum absolute atomic E-state index is 0.0818. The molecule has 23 heavy (non-hydrogen) atoms. The van der Waals surface area contributed by atoms with E-state index in [-0.39, 0.29) is 11.8 Å². The van der Waals surface area contributed by atoms with Crippen molar-refractivity contribution in [1.82, 2.24) is 4.98 Å². The summed E-state index contributed by atoms with van der Waals surface area (Å²) < 4.78 is 0. The first-order valence-corrected chi connectivity index (χ1v) is 7.74. The predicted octanol–water partition coefficient (Wildman–Crippen LogP) is 2.56. The van der Waals surface area contributed by atoms with Gasteiger partial charge < -0.3 is 10.2 Å². The minimum Gasteiger partial charge on any atom is -0.325 e. The van der Waals surface area contributed by atoms with E-state index in [1.807, 2.05) is 30.3 Å². The average molecular weight is 309 g/mol. The Kier molecular flexibility index (Phi) is 4.37. The third-order valence-electron chi connectivity index (χ3n) is 3.98. The summed E-state index contributed by atoms with van der Waals surface area (Å²) in [7, 11) is 0. The molecule has 0 spiro atoms.